The lowest BCUT2D eigenvalue weighted by molar-refractivity contribution is 0.0879. The zero-order valence-electron chi connectivity index (χ0n) is 8.70. The van der Waals surface area contributed by atoms with Crippen LogP contribution < -0.4 is 5.32 Å². The molecule has 0 fully saturated rings. The summed E-state index contributed by atoms with van der Waals surface area (Å²) in [6, 6.07) is 5.35. The number of nitrogens with zero attached hydrogens (tertiary/aromatic N) is 1. The summed E-state index contributed by atoms with van der Waals surface area (Å²) < 4.78 is 0. The summed E-state index contributed by atoms with van der Waals surface area (Å²) in [6.45, 7) is 0.759. The second-order valence-corrected chi connectivity index (χ2v) is 3.90. The number of carbonyl (C=O) groups excluding carboxylic acids is 2. The lowest BCUT2D eigenvalue weighted by atomic mass is 10.1. The van der Waals surface area contributed by atoms with Crippen LogP contribution in [0.25, 0.3) is 0 Å². The van der Waals surface area contributed by atoms with Crippen molar-refractivity contribution in [1.82, 2.24) is 10.2 Å². The fourth-order valence-electron chi connectivity index (χ4n) is 1.68. The van der Waals surface area contributed by atoms with E-state index in [0.717, 1.165) is 12.1 Å². The van der Waals surface area contributed by atoms with Crippen LogP contribution in [0.5, 0.6) is 0 Å². The van der Waals surface area contributed by atoms with Gasteiger partial charge in [0.1, 0.15) is 0 Å². The molecule has 1 aliphatic heterocycles. The Morgan fingerprint density at radius 2 is 1.80 bits per heavy atom. The highest BCUT2D eigenvalue weighted by atomic mass is 16.2. The summed E-state index contributed by atoms with van der Waals surface area (Å²) in [5.74, 6) is -0.595. The predicted molar refractivity (Wildman–Crippen MR) is 55.6 cm³/mol. The van der Waals surface area contributed by atoms with Crippen LogP contribution >= 0.6 is 0 Å². The average molecular weight is 204 g/mol. The fourth-order valence-corrected chi connectivity index (χ4v) is 1.68. The summed E-state index contributed by atoms with van der Waals surface area (Å²) in [6.07, 6.45) is 0. The topological polar surface area (TPSA) is 49.4 Å². The van der Waals surface area contributed by atoms with Gasteiger partial charge < -0.3 is 4.90 Å². The predicted octanol–water partition coefficient (Wildman–Crippen LogP) is 0.632. The second-order valence-electron chi connectivity index (χ2n) is 3.90. The molecule has 0 bridgehead atoms. The van der Waals surface area contributed by atoms with E-state index in [-0.39, 0.29) is 11.8 Å². The standard InChI is InChI=1S/C11H12N2O2/c1-13(2)6-7-3-4-8-9(5-7)11(15)12-10(8)14/h3-5H,6H2,1-2H3,(H,12,14,15). The maximum atomic E-state index is 11.4. The number of amides is 2. The molecule has 0 aliphatic carbocycles. The van der Waals surface area contributed by atoms with Crippen LogP contribution in [-0.4, -0.2) is 30.8 Å². The molecular formula is C11H12N2O2. The van der Waals surface area contributed by atoms with Crippen molar-refractivity contribution in [2.24, 2.45) is 0 Å². The van der Waals surface area contributed by atoms with Gasteiger partial charge in [-0.2, -0.15) is 0 Å². The van der Waals surface area contributed by atoms with E-state index in [1.54, 1.807) is 12.1 Å². The van der Waals surface area contributed by atoms with Crippen LogP contribution in [0.3, 0.4) is 0 Å². The SMILES string of the molecule is CN(C)Cc1ccc2c(c1)C(=O)NC2=O. The molecule has 4 nitrogen and oxygen atoms in total. The number of benzene rings is 1. The molecule has 1 heterocycles. The van der Waals surface area contributed by atoms with Gasteiger partial charge in [-0.1, -0.05) is 6.07 Å². The van der Waals surface area contributed by atoms with Crippen molar-refractivity contribution in [2.45, 2.75) is 6.54 Å². The smallest absolute Gasteiger partial charge is 0.258 e. The molecule has 1 aliphatic rings. The molecule has 4 heteroatoms. The first kappa shape index (κ1) is 9.86. The molecule has 1 N–H and O–H groups in total. The molecule has 0 atom stereocenters. The van der Waals surface area contributed by atoms with Gasteiger partial charge in [0.25, 0.3) is 11.8 Å². The Balaban J connectivity index is 2.38. The molecule has 0 saturated carbocycles. The molecule has 0 aromatic heterocycles. The Kier molecular flexibility index (Phi) is 2.28. The summed E-state index contributed by atoms with van der Waals surface area (Å²) in [7, 11) is 3.91. The number of rotatable bonds is 2. The highest BCUT2D eigenvalue weighted by Crippen LogP contribution is 2.17. The number of carbonyl (C=O) groups is 2. The van der Waals surface area contributed by atoms with Crippen LogP contribution in [-0.2, 0) is 6.54 Å². The number of hydrogen-bond acceptors (Lipinski definition) is 3. The summed E-state index contributed by atoms with van der Waals surface area (Å²) >= 11 is 0. The van der Waals surface area contributed by atoms with Gasteiger partial charge in [-0.15, -0.1) is 0 Å². The number of imide groups is 1. The molecule has 0 radical (unpaired) electrons. The molecule has 0 unspecified atom stereocenters. The van der Waals surface area contributed by atoms with E-state index in [9.17, 15) is 9.59 Å². The van der Waals surface area contributed by atoms with Gasteiger partial charge in [-0.25, -0.2) is 0 Å². The van der Waals surface area contributed by atoms with Gasteiger partial charge in [-0.05, 0) is 31.8 Å². The van der Waals surface area contributed by atoms with Crippen molar-refractivity contribution in [3.05, 3.63) is 34.9 Å². The maximum absolute atomic E-state index is 11.4. The minimum absolute atomic E-state index is 0.296. The molecule has 2 amide bonds. The Bertz CT molecular complexity index is 438. The van der Waals surface area contributed by atoms with E-state index in [4.69, 9.17) is 0 Å². The number of nitrogens with one attached hydrogen (secondary N) is 1. The second kappa shape index (κ2) is 3.47. The first-order valence-electron chi connectivity index (χ1n) is 4.71. The minimum atomic E-state index is -0.300. The van der Waals surface area contributed by atoms with Crippen molar-refractivity contribution in [3.8, 4) is 0 Å². The molecule has 0 saturated heterocycles. The van der Waals surface area contributed by atoms with Crippen molar-refractivity contribution in [3.63, 3.8) is 0 Å². The van der Waals surface area contributed by atoms with Crippen molar-refractivity contribution in [1.29, 1.82) is 0 Å². The van der Waals surface area contributed by atoms with Gasteiger partial charge in [0, 0.05) is 6.54 Å². The van der Waals surface area contributed by atoms with Crippen LogP contribution in [0, 0.1) is 0 Å². The van der Waals surface area contributed by atoms with Gasteiger partial charge in [0.05, 0.1) is 11.1 Å². The molecular weight excluding hydrogens is 192 g/mol. The Labute approximate surface area is 87.9 Å². The van der Waals surface area contributed by atoms with Crippen LogP contribution in [0.1, 0.15) is 26.3 Å². The molecule has 1 aromatic carbocycles. The Hall–Kier alpha value is -1.68. The van der Waals surface area contributed by atoms with Crippen LogP contribution in [0.4, 0.5) is 0 Å². The quantitative estimate of drug-likeness (QED) is 0.719. The largest absolute Gasteiger partial charge is 0.305 e. The Morgan fingerprint density at radius 3 is 2.47 bits per heavy atom. The van der Waals surface area contributed by atoms with E-state index in [2.05, 4.69) is 5.32 Å². The first-order chi connectivity index (χ1) is 7.08. The lowest BCUT2D eigenvalue weighted by Gasteiger charge is -2.09. The lowest BCUT2D eigenvalue weighted by Crippen LogP contribution is -2.19. The van der Waals surface area contributed by atoms with Crippen LogP contribution in [0.15, 0.2) is 18.2 Å². The third kappa shape index (κ3) is 1.76. The molecule has 78 valence electrons. The maximum Gasteiger partial charge on any atom is 0.258 e. The monoisotopic (exact) mass is 204 g/mol. The highest BCUT2D eigenvalue weighted by molar-refractivity contribution is 6.21. The summed E-state index contributed by atoms with van der Waals surface area (Å²) in [5, 5.41) is 2.27. The molecule has 0 spiro atoms. The zero-order valence-corrected chi connectivity index (χ0v) is 8.70. The van der Waals surface area contributed by atoms with Crippen molar-refractivity contribution in [2.75, 3.05) is 14.1 Å². The normalized spacial score (nSPS) is 14.3. The van der Waals surface area contributed by atoms with Gasteiger partial charge in [-0.3, -0.25) is 14.9 Å². The third-order valence-electron chi connectivity index (χ3n) is 2.30. The zero-order chi connectivity index (χ0) is 11.0. The van der Waals surface area contributed by atoms with Gasteiger partial charge >= 0.3 is 0 Å². The third-order valence-corrected chi connectivity index (χ3v) is 2.30. The molecule has 2 rings (SSSR count). The fraction of sp³-hybridized carbons (Fsp3) is 0.273. The van der Waals surface area contributed by atoms with Crippen LogP contribution in [0.2, 0.25) is 0 Å². The van der Waals surface area contributed by atoms with E-state index < -0.39 is 0 Å². The number of hydrogen-bond donors (Lipinski definition) is 1. The van der Waals surface area contributed by atoms with E-state index in [0.29, 0.717) is 11.1 Å². The van der Waals surface area contributed by atoms with Gasteiger partial charge in [0.2, 0.25) is 0 Å². The average Bonchev–Trinajstić information content (AvgIpc) is 2.41. The highest BCUT2D eigenvalue weighted by Gasteiger charge is 2.26. The minimum Gasteiger partial charge on any atom is -0.305 e. The first-order valence-corrected chi connectivity index (χ1v) is 4.71. The van der Waals surface area contributed by atoms with E-state index in [1.165, 1.54) is 0 Å². The van der Waals surface area contributed by atoms with E-state index in [1.807, 2.05) is 25.1 Å². The molecule has 1 aromatic rings. The molecule has 15 heavy (non-hydrogen) atoms. The van der Waals surface area contributed by atoms with Crippen molar-refractivity contribution >= 4 is 11.8 Å². The Morgan fingerprint density at radius 1 is 1.13 bits per heavy atom. The van der Waals surface area contributed by atoms with E-state index >= 15 is 0 Å². The van der Waals surface area contributed by atoms with Gasteiger partial charge in [0.15, 0.2) is 0 Å². The number of fused-ring (bicyclic) bond motifs is 1. The van der Waals surface area contributed by atoms with Crippen molar-refractivity contribution < 1.29 is 9.59 Å². The summed E-state index contributed by atoms with van der Waals surface area (Å²) in [4.78, 5) is 24.6. The summed E-state index contributed by atoms with van der Waals surface area (Å²) in [5.41, 5.74) is 1.99.